The van der Waals surface area contributed by atoms with Crippen LogP contribution >= 0.6 is 0 Å². The van der Waals surface area contributed by atoms with E-state index < -0.39 is 0 Å². The fraction of sp³-hybridized carbons (Fsp3) is 0.429. The topological polar surface area (TPSA) is 45.2 Å². The van der Waals surface area contributed by atoms with Crippen LogP contribution in [0.1, 0.15) is 55.1 Å². The van der Waals surface area contributed by atoms with Crippen molar-refractivity contribution in [3.05, 3.63) is 53.3 Å². The lowest BCUT2D eigenvalue weighted by Gasteiger charge is -2.19. The molecule has 1 aromatic carbocycles. The molecule has 0 atom stereocenters. The maximum Gasteiger partial charge on any atom is 0.257 e. The molecule has 0 aliphatic carbocycles. The molecule has 0 unspecified atom stereocenters. The van der Waals surface area contributed by atoms with Crippen molar-refractivity contribution in [3.8, 4) is 0 Å². The summed E-state index contributed by atoms with van der Waals surface area (Å²) in [6.07, 6.45) is 7.49. The van der Waals surface area contributed by atoms with Gasteiger partial charge in [0.05, 0.1) is 17.4 Å². The van der Waals surface area contributed by atoms with E-state index in [1.165, 1.54) is 0 Å². The number of benzene rings is 1. The third-order valence-corrected chi connectivity index (χ3v) is 4.51. The second kappa shape index (κ2) is 9.21. The summed E-state index contributed by atoms with van der Waals surface area (Å²) in [6, 6.07) is 8.11. The van der Waals surface area contributed by atoms with Gasteiger partial charge < -0.3 is 10.2 Å². The fourth-order valence-corrected chi connectivity index (χ4v) is 2.87. The normalized spacial score (nSPS) is 10.6. The van der Waals surface area contributed by atoms with Crippen LogP contribution in [0, 0.1) is 0 Å². The van der Waals surface area contributed by atoms with E-state index in [2.05, 4.69) is 54.2 Å². The molecule has 25 heavy (non-hydrogen) atoms. The summed E-state index contributed by atoms with van der Waals surface area (Å²) in [4.78, 5) is 19.2. The minimum Gasteiger partial charge on any atom is -0.373 e. The molecule has 0 aliphatic heterocycles. The average Bonchev–Trinajstić information content (AvgIpc) is 2.66. The van der Waals surface area contributed by atoms with Gasteiger partial charge in [0.15, 0.2) is 0 Å². The van der Waals surface area contributed by atoms with Crippen LogP contribution in [0.2, 0.25) is 0 Å². The van der Waals surface area contributed by atoms with Gasteiger partial charge in [0, 0.05) is 25.5 Å². The van der Waals surface area contributed by atoms with Gasteiger partial charge in [-0.1, -0.05) is 45.4 Å². The zero-order valence-corrected chi connectivity index (χ0v) is 15.8. The average molecular weight is 339 g/mol. The third kappa shape index (κ3) is 4.81. The van der Waals surface area contributed by atoms with Crippen LogP contribution in [0.5, 0.6) is 0 Å². The molecule has 0 aliphatic rings. The maximum atomic E-state index is 12.8. The van der Waals surface area contributed by atoms with Crippen molar-refractivity contribution < 1.29 is 4.79 Å². The number of unbranched alkanes of at least 4 members (excludes halogenated alkanes) is 1. The standard InChI is InChI=1S/C21H29N3O/c1-5-8-12-24(4)19-13-18(14-22-15-19)21(25)23-20-16(6-2)10-9-11-17(20)7-3/h9-11,13-15H,5-8,12H2,1-4H3,(H,23,25). The van der Waals surface area contributed by atoms with Crippen molar-refractivity contribution in [3.63, 3.8) is 0 Å². The first-order valence-corrected chi connectivity index (χ1v) is 9.18. The van der Waals surface area contributed by atoms with Gasteiger partial charge in [-0.15, -0.1) is 0 Å². The monoisotopic (exact) mass is 339 g/mol. The Morgan fingerprint density at radius 2 is 1.80 bits per heavy atom. The Labute approximate surface area is 151 Å². The molecule has 4 nitrogen and oxygen atoms in total. The number of carbonyl (C=O) groups excluding carboxylic acids is 1. The van der Waals surface area contributed by atoms with E-state index in [-0.39, 0.29) is 5.91 Å². The van der Waals surface area contributed by atoms with Crippen molar-refractivity contribution in [2.45, 2.75) is 46.5 Å². The van der Waals surface area contributed by atoms with Crippen molar-refractivity contribution in [2.24, 2.45) is 0 Å². The van der Waals surface area contributed by atoms with Crippen molar-refractivity contribution >= 4 is 17.3 Å². The lowest BCUT2D eigenvalue weighted by Crippen LogP contribution is -2.20. The molecule has 134 valence electrons. The summed E-state index contributed by atoms with van der Waals surface area (Å²) < 4.78 is 0. The van der Waals surface area contributed by atoms with Gasteiger partial charge >= 0.3 is 0 Å². The van der Waals surface area contributed by atoms with Crippen LogP contribution in [0.4, 0.5) is 11.4 Å². The summed E-state index contributed by atoms with van der Waals surface area (Å²) in [5, 5.41) is 3.11. The Bertz CT molecular complexity index is 690. The Morgan fingerprint density at radius 3 is 2.40 bits per heavy atom. The Morgan fingerprint density at radius 1 is 1.12 bits per heavy atom. The van der Waals surface area contributed by atoms with Crippen LogP contribution in [-0.2, 0) is 12.8 Å². The minimum atomic E-state index is -0.103. The quantitative estimate of drug-likeness (QED) is 0.758. The van der Waals surface area contributed by atoms with Crippen LogP contribution in [0.15, 0.2) is 36.7 Å². The van der Waals surface area contributed by atoms with Gasteiger partial charge in [0.2, 0.25) is 0 Å². The predicted octanol–water partition coefficient (Wildman–Crippen LogP) is 4.70. The molecule has 0 fully saturated rings. The number of carbonyl (C=O) groups is 1. The highest BCUT2D eigenvalue weighted by Gasteiger charge is 2.13. The largest absolute Gasteiger partial charge is 0.373 e. The number of nitrogens with zero attached hydrogens (tertiary/aromatic N) is 2. The molecule has 2 aromatic rings. The van der Waals surface area contributed by atoms with Crippen LogP contribution < -0.4 is 10.2 Å². The van der Waals surface area contributed by atoms with Gasteiger partial charge in [0.25, 0.3) is 5.91 Å². The molecule has 0 radical (unpaired) electrons. The summed E-state index contributed by atoms with van der Waals surface area (Å²) in [6.45, 7) is 7.35. The van der Waals surface area contributed by atoms with Crippen LogP contribution in [-0.4, -0.2) is 24.5 Å². The number of aryl methyl sites for hydroxylation is 2. The molecule has 0 saturated heterocycles. The number of rotatable bonds is 8. The number of anilines is 2. The van der Waals surface area contributed by atoms with Gasteiger partial charge in [-0.3, -0.25) is 9.78 Å². The first-order valence-electron chi connectivity index (χ1n) is 9.18. The van der Waals surface area contributed by atoms with E-state index in [0.717, 1.165) is 54.7 Å². The summed E-state index contributed by atoms with van der Waals surface area (Å²) in [5.74, 6) is -0.103. The van der Waals surface area contributed by atoms with E-state index in [0.29, 0.717) is 5.56 Å². The molecule has 0 bridgehead atoms. The summed E-state index contributed by atoms with van der Waals surface area (Å²) in [5.41, 5.74) is 4.84. The third-order valence-electron chi connectivity index (χ3n) is 4.51. The summed E-state index contributed by atoms with van der Waals surface area (Å²) in [7, 11) is 2.04. The number of para-hydroxylation sites is 1. The highest BCUT2D eigenvalue weighted by atomic mass is 16.1. The Kier molecular flexibility index (Phi) is 6.99. The highest BCUT2D eigenvalue weighted by Crippen LogP contribution is 2.24. The van der Waals surface area contributed by atoms with E-state index in [1.54, 1.807) is 6.20 Å². The molecule has 0 spiro atoms. The van der Waals surface area contributed by atoms with E-state index in [9.17, 15) is 4.79 Å². The molecule has 4 heteroatoms. The van der Waals surface area contributed by atoms with Crippen molar-refractivity contribution in [1.82, 2.24) is 4.98 Å². The Balaban J connectivity index is 2.22. The lowest BCUT2D eigenvalue weighted by molar-refractivity contribution is 0.102. The summed E-state index contributed by atoms with van der Waals surface area (Å²) >= 11 is 0. The minimum absolute atomic E-state index is 0.103. The second-order valence-electron chi connectivity index (χ2n) is 6.32. The van der Waals surface area contributed by atoms with E-state index >= 15 is 0 Å². The number of hydrogen-bond acceptors (Lipinski definition) is 3. The molecule has 1 aromatic heterocycles. The molecular weight excluding hydrogens is 310 g/mol. The maximum absolute atomic E-state index is 12.8. The first-order chi connectivity index (χ1) is 12.1. The highest BCUT2D eigenvalue weighted by molar-refractivity contribution is 6.05. The molecule has 2 rings (SSSR count). The molecule has 1 heterocycles. The zero-order chi connectivity index (χ0) is 18.2. The molecule has 1 N–H and O–H groups in total. The van der Waals surface area contributed by atoms with Crippen LogP contribution in [0.3, 0.4) is 0 Å². The lowest BCUT2D eigenvalue weighted by atomic mass is 10.0. The fourth-order valence-electron chi connectivity index (χ4n) is 2.87. The zero-order valence-electron chi connectivity index (χ0n) is 15.8. The first kappa shape index (κ1) is 19.0. The van der Waals surface area contributed by atoms with Gasteiger partial charge in [-0.25, -0.2) is 0 Å². The van der Waals surface area contributed by atoms with Crippen molar-refractivity contribution in [1.29, 1.82) is 0 Å². The van der Waals surface area contributed by atoms with Crippen molar-refractivity contribution in [2.75, 3.05) is 23.8 Å². The van der Waals surface area contributed by atoms with E-state index in [1.807, 2.05) is 19.3 Å². The van der Waals surface area contributed by atoms with Gasteiger partial charge in [-0.2, -0.15) is 0 Å². The number of aromatic nitrogens is 1. The smallest absolute Gasteiger partial charge is 0.257 e. The van der Waals surface area contributed by atoms with Gasteiger partial charge in [-0.05, 0) is 36.5 Å². The van der Waals surface area contributed by atoms with Crippen LogP contribution in [0.25, 0.3) is 0 Å². The molecular formula is C21H29N3O. The number of hydrogen-bond donors (Lipinski definition) is 1. The SMILES string of the molecule is CCCCN(C)c1cncc(C(=O)Nc2c(CC)cccc2CC)c1. The number of pyridine rings is 1. The predicted molar refractivity (Wildman–Crippen MR) is 106 cm³/mol. The Hall–Kier alpha value is -2.36. The molecule has 0 saturated carbocycles. The molecule has 1 amide bonds. The van der Waals surface area contributed by atoms with E-state index in [4.69, 9.17) is 0 Å². The van der Waals surface area contributed by atoms with Gasteiger partial charge in [0.1, 0.15) is 0 Å². The second-order valence-corrected chi connectivity index (χ2v) is 6.32. The number of nitrogens with one attached hydrogen (secondary N) is 1. The number of amides is 1.